The maximum Gasteiger partial charge on any atom is 0.290 e. The van der Waals surface area contributed by atoms with Crippen molar-refractivity contribution in [1.82, 2.24) is 15.1 Å². The number of nitrogens with zero attached hydrogens (tertiary/aromatic N) is 3. The second kappa shape index (κ2) is 12.4. The number of rotatable bonds is 5. The van der Waals surface area contributed by atoms with Crippen LogP contribution < -0.4 is 15.8 Å². The van der Waals surface area contributed by atoms with E-state index in [1.807, 2.05) is 43.3 Å². The molecule has 1 saturated heterocycles. The van der Waals surface area contributed by atoms with Gasteiger partial charge in [0.15, 0.2) is 0 Å². The first-order valence-corrected chi connectivity index (χ1v) is 11.1. The average Bonchev–Trinajstić information content (AvgIpc) is 2.79. The van der Waals surface area contributed by atoms with E-state index in [1.54, 1.807) is 19.1 Å². The van der Waals surface area contributed by atoms with Crippen molar-refractivity contribution in [2.24, 2.45) is 0 Å². The maximum absolute atomic E-state index is 13.9. The van der Waals surface area contributed by atoms with Gasteiger partial charge < -0.3 is 10.2 Å². The molecule has 1 N–H and O–H groups in total. The highest BCUT2D eigenvalue weighted by molar-refractivity contribution is 6.30. The van der Waals surface area contributed by atoms with Gasteiger partial charge in [0.05, 0.1) is 12.2 Å². The van der Waals surface area contributed by atoms with Crippen LogP contribution in [0.4, 0.5) is 10.1 Å². The summed E-state index contributed by atoms with van der Waals surface area (Å²) in [6.45, 7) is 7.13. The fourth-order valence-electron chi connectivity index (χ4n) is 3.95. The van der Waals surface area contributed by atoms with E-state index in [-0.39, 0.29) is 36.2 Å². The van der Waals surface area contributed by atoms with Gasteiger partial charge in [0, 0.05) is 42.3 Å². The number of piperazine rings is 1. The molecule has 1 aliphatic heterocycles. The molecule has 1 aromatic heterocycles. The van der Waals surface area contributed by atoms with Crippen molar-refractivity contribution in [2.75, 3.05) is 31.1 Å². The second-order valence-corrected chi connectivity index (χ2v) is 8.40. The van der Waals surface area contributed by atoms with E-state index < -0.39 is 0 Å². The summed E-state index contributed by atoms with van der Waals surface area (Å²) in [5.41, 5.74) is 4.40. The molecule has 0 aliphatic carbocycles. The molecule has 4 rings (SSSR count). The number of anilines is 1. The van der Waals surface area contributed by atoms with Gasteiger partial charge in [0.25, 0.3) is 5.56 Å². The average molecular weight is 526 g/mol. The minimum absolute atomic E-state index is 0. The number of aromatic nitrogens is 2. The molecular formula is C25H28Cl3FN4O. The molecule has 5 nitrogen and oxygen atoms in total. The zero-order valence-corrected chi connectivity index (χ0v) is 21.4. The monoisotopic (exact) mass is 524 g/mol. The first kappa shape index (κ1) is 27.9. The van der Waals surface area contributed by atoms with E-state index in [9.17, 15) is 9.18 Å². The van der Waals surface area contributed by atoms with Gasteiger partial charge in [-0.25, -0.2) is 9.07 Å². The zero-order chi connectivity index (χ0) is 22.7. The smallest absolute Gasteiger partial charge is 0.290 e. The van der Waals surface area contributed by atoms with E-state index in [0.717, 1.165) is 42.9 Å². The molecule has 0 spiro atoms. The molecule has 0 bridgehead atoms. The maximum atomic E-state index is 13.9. The standard InChI is InChI=1S/C25H26ClFN4O.2ClH/c1-17-16-20(7-10-22(17)27)23-18(2)24(30-14-11-28-12-15-30)25(32)31(29-23)13-3-4-19-5-8-21(26)9-6-19;;/h3-10,16,28H,11-15H2,1-2H3;2*1H. The summed E-state index contributed by atoms with van der Waals surface area (Å²) < 4.78 is 15.4. The fourth-order valence-corrected chi connectivity index (χ4v) is 4.08. The minimum atomic E-state index is -0.257. The van der Waals surface area contributed by atoms with Crippen LogP contribution in [-0.4, -0.2) is 36.0 Å². The van der Waals surface area contributed by atoms with Crippen LogP contribution in [0.3, 0.4) is 0 Å². The normalized spacial score (nSPS) is 13.5. The number of aryl methyl sites for hydroxylation is 1. The largest absolute Gasteiger partial charge is 0.364 e. The van der Waals surface area contributed by atoms with Crippen LogP contribution in [0.1, 0.15) is 16.7 Å². The summed E-state index contributed by atoms with van der Waals surface area (Å²) in [6, 6.07) is 12.4. The molecule has 182 valence electrons. The van der Waals surface area contributed by atoms with Crippen molar-refractivity contribution in [2.45, 2.75) is 20.4 Å². The third kappa shape index (κ3) is 6.19. The number of nitrogens with one attached hydrogen (secondary N) is 1. The SMILES string of the molecule is Cc1cc(-c2nn(CC=Cc3ccc(Cl)cc3)c(=O)c(N3CCNCC3)c2C)ccc1F.Cl.Cl. The predicted octanol–water partition coefficient (Wildman–Crippen LogP) is 5.29. The van der Waals surface area contributed by atoms with Crippen LogP contribution in [0, 0.1) is 19.7 Å². The van der Waals surface area contributed by atoms with Crippen LogP contribution >= 0.6 is 36.4 Å². The third-order valence-electron chi connectivity index (χ3n) is 5.69. The van der Waals surface area contributed by atoms with Gasteiger partial charge in [-0.15, -0.1) is 24.8 Å². The van der Waals surface area contributed by atoms with Gasteiger partial charge in [-0.1, -0.05) is 35.9 Å². The molecule has 1 aliphatic rings. The van der Waals surface area contributed by atoms with Crippen LogP contribution in [-0.2, 0) is 6.54 Å². The van der Waals surface area contributed by atoms with Crippen molar-refractivity contribution >= 4 is 48.2 Å². The predicted molar refractivity (Wildman–Crippen MR) is 143 cm³/mol. The van der Waals surface area contributed by atoms with Crippen molar-refractivity contribution in [1.29, 1.82) is 0 Å². The first-order chi connectivity index (χ1) is 15.4. The summed E-state index contributed by atoms with van der Waals surface area (Å²) in [5, 5.41) is 8.69. The first-order valence-electron chi connectivity index (χ1n) is 10.7. The highest BCUT2D eigenvalue weighted by Crippen LogP contribution is 2.28. The van der Waals surface area contributed by atoms with Crippen LogP contribution in [0.2, 0.25) is 5.02 Å². The number of hydrogen-bond donors (Lipinski definition) is 1. The van der Waals surface area contributed by atoms with E-state index in [2.05, 4.69) is 15.3 Å². The summed E-state index contributed by atoms with van der Waals surface area (Å²) in [7, 11) is 0. The van der Waals surface area contributed by atoms with Gasteiger partial charge in [0.2, 0.25) is 0 Å². The summed E-state index contributed by atoms with van der Waals surface area (Å²) in [4.78, 5) is 15.5. The lowest BCUT2D eigenvalue weighted by molar-refractivity contribution is 0.577. The van der Waals surface area contributed by atoms with Gasteiger partial charge in [-0.3, -0.25) is 4.79 Å². The van der Waals surface area contributed by atoms with Crippen LogP contribution in [0.25, 0.3) is 17.3 Å². The van der Waals surface area contributed by atoms with E-state index in [1.165, 1.54) is 10.7 Å². The Labute approximate surface area is 216 Å². The molecule has 34 heavy (non-hydrogen) atoms. The highest BCUT2D eigenvalue weighted by atomic mass is 35.5. The Balaban J connectivity index is 0.00000204. The Morgan fingerprint density at radius 1 is 1.09 bits per heavy atom. The molecular weight excluding hydrogens is 498 g/mol. The van der Waals surface area contributed by atoms with Crippen LogP contribution in [0.5, 0.6) is 0 Å². The molecule has 3 aromatic rings. The summed E-state index contributed by atoms with van der Waals surface area (Å²) in [6.07, 6.45) is 3.85. The lowest BCUT2D eigenvalue weighted by Gasteiger charge is -2.30. The van der Waals surface area contributed by atoms with E-state index >= 15 is 0 Å². The van der Waals surface area contributed by atoms with Crippen molar-refractivity contribution in [3.8, 4) is 11.3 Å². The lowest BCUT2D eigenvalue weighted by atomic mass is 10.0. The van der Waals surface area contributed by atoms with Crippen LogP contribution in [0.15, 0.2) is 53.3 Å². The summed E-state index contributed by atoms with van der Waals surface area (Å²) in [5.74, 6) is -0.257. The Bertz CT molecular complexity index is 1210. The number of hydrogen-bond acceptors (Lipinski definition) is 4. The number of benzene rings is 2. The number of allylic oxidation sites excluding steroid dienone is 1. The number of halogens is 4. The van der Waals surface area contributed by atoms with Gasteiger partial charge in [0.1, 0.15) is 11.5 Å². The third-order valence-corrected chi connectivity index (χ3v) is 5.94. The van der Waals surface area contributed by atoms with Crippen molar-refractivity contribution in [3.05, 3.63) is 86.4 Å². The molecule has 9 heteroatoms. The Hall–Kier alpha value is -2.38. The Kier molecular flexibility index (Phi) is 10.1. The Morgan fingerprint density at radius 3 is 2.41 bits per heavy atom. The van der Waals surface area contributed by atoms with E-state index in [0.29, 0.717) is 28.5 Å². The second-order valence-electron chi connectivity index (χ2n) is 7.96. The highest BCUT2D eigenvalue weighted by Gasteiger charge is 2.22. The summed E-state index contributed by atoms with van der Waals surface area (Å²) >= 11 is 5.95. The van der Waals surface area contributed by atoms with Crippen molar-refractivity contribution < 1.29 is 4.39 Å². The molecule has 1 fully saturated rings. The van der Waals surface area contributed by atoms with Gasteiger partial charge >= 0.3 is 0 Å². The quantitative estimate of drug-likeness (QED) is 0.492. The lowest BCUT2D eigenvalue weighted by Crippen LogP contribution is -2.46. The molecule has 2 aromatic carbocycles. The molecule has 0 atom stereocenters. The topological polar surface area (TPSA) is 50.2 Å². The molecule has 0 radical (unpaired) electrons. The molecule has 0 unspecified atom stereocenters. The minimum Gasteiger partial charge on any atom is -0.364 e. The fraction of sp³-hybridized carbons (Fsp3) is 0.280. The zero-order valence-electron chi connectivity index (χ0n) is 19.1. The van der Waals surface area contributed by atoms with Gasteiger partial charge in [-0.05, 0) is 55.3 Å². The van der Waals surface area contributed by atoms with Gasteiger partial charge in [-0.2, -0.15) is 5.10 Å². The molecule has 2 heterocycles. The molecule has 0 saturated carbocycles. The Morgan fingerprint density at radius 2 is 1.76 bits per heavy atom. The van der Waals surface area contributed by atoms with Crippen molar-refractivity contribution in [3.63, 3.8) is 0 Å². The van der Waals surface area contributed by atoms with E-state index in [4.69, 9.17) is 11.6 Å². The molecule has 0 amide bonds.